The highest BCUT2D eigenvalue weighted by Crippen LogP contribution is 2.18. The van der Waals surface area contributed by atoms with E-state index >= 15 is 0 Å². The number of aromatic nitrogens is 4. The van der Waals surface area contributed by atoms with E-state index in [0.29, 0.717) is 17.7 Å². The van der Waals surface area contributed by atoms with Gasteiger partial charge in [-0.3, -0.25) is 10.1 Å². The second-order valence-corrected chi connectivity index (χ2v) is 4.25. The predicted octanol–water partition coefficient (Wildman–Crippen LogP) is 0.800. The zero-order valence-electron chi connectivity index (χ0n) is 9.99. The highest BCUT2D eigenvalue weighted by Gasteiger charge is 2.15. The Bertz CT molecular complexity index is 568. The number of imidazole rings is 1. The van der Waals surface area contributed by atoms with Crippen LogP contribution in [0.1, 0.15) is 6.92 Å². The van der Waals surface area contributed by atoms with Gasteiger partial charge in [0.05, 0.1) is 6.33 Å². The van der Waals surface area contributed by atoms with Gasteiger partial charge in [-0.15, -0.1) is 0 Å². The SMILES string of the molecule is CNCC(C)C(=O)Nc1nc(Cl)c2[nH]cnc2n1. The quantitative estimate of drug-likeness (QED) is 0.713. The third kappa shape index (κ3) is 2.57. The minimum Gasteiger partial charge on any atom is -0.341 e. The van der Waals surface area contributed by atoms with Gasteiger partial charge in [-0.25, -0.2) is 4.98 Å². The summed E-state index contributed by atoms with van der Waals surface area (Å²) in [6, 6.07) is 0. The normalized spacial score (nSPS) is 12.6. The van der Waals surface area contributed by atoms with E-state index in [2.05, 4.69) is 30.6 Å². The van der Waals surface area contributed by atoms with Crippen molar-refractivity contribution in [1.29, 1.82) is 0 Å². The first kappa shape index (κ1) is 12.7. The topological polar surface area (TPSA) is 95.6 Å². The predicted molar refractivity (Wildman–Crippen MR) is 68.4 cm³/mol. The molecule has 8 heteroatoms. The average molecular weight is 269 g/mol. The molecule has 0 aliphatic rings. The Hall–Kier alpha value is -1.73. The average Bonchev–Trinajstić information content (AvgIpc) is 2.77. The Labute approximate surface area is 108 Å². The van der Waals surface area contributed by atoms with Crippen LogP contribution >= 0.6 is 11.6 Å². The van der Waals surface area contributed by atoms with Crippen LogP contribution in [0.15, 0.2) is 6.33 Å². The van der Waals surface area contributed by atoms with Gasteiger partial charge in [-0.2, -0.15) is 9.97 Å². The molecule has 1 unspecified atom stereocenters. The zero-order valence-corrected chi connectivity index (χ0v) is 10.7. The second kappa shape index (κ2) is 5.28. The highest BCUT2D eigenvalue weighted by molar-refractivity contribution is 6.33. The summed E-state index contributed by atoms with van der Waals surface area (Å²) in [6.07, 6.45) is 1.47. The second-order valence-electron chi connectivity index (χ2n) is 3.89. The van der Waals surface area contributed by atoms with Gasteiger partial charge in [-0.05, 0) is 7.05 Å². The number of halogens is 1. The number of H-pyrrole nitrogens is 1. The summed E-state index contributed by atoms with van der Waals surface area (Å²) in [5.41, 5.74) is 0.976. The Morgan fingerprint density at radius 2 is 2.33 bits per heavy atom. The van der Waals surface area contributed by atoms with E-state index in [-0.39, 0.29) is 22.9 Å². The van der Waals surface area contributed by atoms with E-state index in [1.54, 1.807) is 14.0 Å². The number of carbonyl (C=O) groups is 1. The molecule has 0 aliphatic heterocycles. The van der Waals surface area contributed by atoms with Crippen LogP contribution in [-0.4, -0.2) is 39.4 Å². The van der Waals surface area contributed by atoms with Gasteiger partial charge in [0.15, 0.2) is 10.8 Å². The van der Waals surface area contributed by atoms with Gasteiger partial charge in [0, 0.05) is 12.5 Å². The molecule has 0 bridgehead atoms. The molecule has 0 fully saturated rings. The summed E-state index contributed by atoms with van der Waals surface area (Å²) in [5, 5.41) is 5.77. The molecule has 1 amide bonds. The molecule has 0 aliphatic carbocycles. The van der Waals surface area contributed by atoms with Gasteiger partial charge in [0.1, 0.15) is 5.52 Å². The fourth-order valence-corrected chi connectivity index (χ4v) is 1.71. The van der Waals surface area contributed by atoms with Crippen molar-refractivity contribution in [3.63, 3.8) is 0 Å². The molecule has 2 rings (SSSR count). The minimum absolute atomic E-state index is 0.160. The van der Waals surface area contributed by atoms with Gasteiger partial charge in [0.2, 0.25) is 11.9 Å². The summed E-state index contributed by atoms with van der Waals surface area (Å²) in [6.45, 7) is 2.38. The van der Waals surface area contributed by atoms with Crippen molar-refractivity contribution in [3.8, 4) is 0 Å². The largest absolute Gasteiger partial charge is 0.341 e. The summed E-state index contributed by atoms with van der Waals surface area (Å²) >= 11 is 5.94. The minimum atomic E-state index is -0.188. The Balaban J connectivity index is 2.19. The summed E-state index contributed by atoms with van der Waals surface area (Å²) < 4.78 is 0. The van der Waals surface area contributed by atoms with E-state index in [1.807, 2.05) is 0 Å². The number of amides is 1. The maximum absolute atomic E-state index is 11.8. The Morgan fingerprint density at radius 1 is 1.56 bits per heavy atom. The lowest BCUT2D eigenvalue weighted by Gasteiger charge is -2.10. The lowest BCUT2D eigenvalue weighted by atomic mass is 10.1. The van der Waals surface area contributed by atoms with Crippen molar-refractivity contribution >= 4 is 34.6 Å². The Kier molecular flexibility index (Phi) is 3.73. The first-order chi connectivity index (χ1) is 8.61. The highest BCUT2D eigenvalue weighted by atomic mass is 35.5. The number of nitrogens with zero attached hydrogens (tertiary/aromatic N) is 3. The number of hydrogen-bond acceptors (Lipinski definition) is 5. The standard InChI is InChI=1S/C10H13ClN6O/c1-5(3-12-2)9(18)17-10-15-7(11)6-8(16-10)14-4-13-6/h4-5,12H,3H2,1-2H3,(H2,13,14,15,16,17,18). The molecule has 7 nitrogen and oxygen atoms in total. The third-order valence-corrected chi connectivity index (χ3v) is 2.71. The molecule has 2 aromatic rings. The molecular weight excluding hydrogens is 256 g/mol. The third-order valence-electron chi connectivity index (χ3n) is 2.43. The van der Waals surface area contributed by atoms with E-state index in [0.717, 1.165) is 0 Å². The van der Waals surface area contributed by atoms with Crippen molar-refractivity contribution < 1.29 is 4.79 Å². The molecule has 0 radical (unpaired) electrons. The fraction of sp³-hybridized carbons (Fsp3) is 0.400. The number of anilines is 1. The van der Waals surface area contributed by atoms with E-state index in [1.165, 1.54) is 6.33 Å². The Morgan fingerprint density at radius 3 is 3.06 bits per heavy atom. The molecule has 0 saturated heterocycles. The van der Waals surface area contributed by atoms with Crippen LogP contribution in [0.25, 0.3) is 11.2 Å². The molecule has 18 heavy (non-hydrogen) atoms. The van der Waals surface area contributed by atoms with Crippen molar-refractivity contribution in [1.82, 2.24) is 25.3 Å². The molecule has 2 heterocycles. The first-order valence-electron chi connectivity index (χ1n) is 5.44. The van der Waals surface area contributed by atoms with Crippen LogP contribution in [-0.2, 0) is 4.79 Å². The molecule has 96 valence electrons. The molecule has 0 aromatic carbocycles. The molecule has 0 saturated carbocycles. The number of carbonyl (C=O) groups excluding carboxylic acids is 1. The number of nitrogens with one attached hydrogen (secondary N) is 3. The molecule has 3 N–H and O–H groups in total. The summed E-state index contributed by atoms with van der Waals surface area (Å²) in [7, 11) is 1.78. The molecular formula is C10H13ClN6O. The monoisotopic (exact) mass is 268 g/mol. The fourth-order valence-electron chi connectivity index (χ4n) is 1.49. The van der Waals surface area contributed by atoms with Crippen LogP contribution in [0.5, 0.6) is 0 Å². The molecule has 0 spiro atoms. The summed E-state index contributed by atoms with van der Waals surface area (Å²) in [4.78, 5) is 26.7. The number of aromatic amines is 1. The van der Waals surface area contributed by atoms with Crippen LogP contribution in [0.2, 0.25) is 5.15 Å². The van der Waals surface area contributed by atoms with Gasteiger partial charge in [-0.1, -0.05) is 18.5 Å². The van der Waals surface area contributed by atoms with Crippen LogP contribution in [0.4, 0.5) is 5.95 Å². The number of hydrogen-bond donors (Lipinski definition) is 3. The van der Waals surface area contributed by atoms with Crippen LogP contribution < -0.4 is 10.6 Å². The lowest BCUT2D eigenvalue weighted by molar-refractivity contribution is -0.119. The maximum atomic E-state index is 11.8. The maximum Gasteiger partial charge on any atom is 0.233 e. The van der Waals surface area contributed by atoms with Gasteiger partial charge >= 0.3 is 0 Å². The van der Waals surface area contributed by atoms with Crippen molar-refractivity contribution in [2.24, 2.45) is 5.92 Å². The molecule has 1 atom stereocenters. The summed E-state index contributed by atoms with van der Waals surface area (Å²) in [5.74, 6) is -0.199. The first-order valence-corrected chi connectivity index (χ1v) is 5.81. The smallest absolute Gasteiger partial charge is 0.233 e. The van der Waals surface area contributed by atoms with Gasteiger partial charge in [0.25, 0.3) is 0 Å². The lowest BCUT2D eigenvalue weighted by Crippen LogP contribution is -2.29. The van der Waals surface area contributed by atoms with E-state index in [4.69, 9.17) is 11.6 Å². The number of fused-ring (bicyclic) bond motifs is 1. The van der Waals surface area contributed by atoms with E-state index in [9.17, 15) is 4.79 Å². The van der Waals surface area contributed by atoms with Crippen molar-refractivity contribution in [2.75, 3.05) is 18.9 Å². The van der Waals surface area contributed by atoms with Crippen LogP contribution in [0, 0.1) is 5.92 Å². The van der Waals surface area contributed by atoms with Crippen molar-refractivity contribution in [2.45, 2.75) is 6.92 Å². The molecule has 2 aromatic heterocycles. The van der Waals surface area contributed by atoms with Gasteiger partial charge < -0.3 is 10.3 Å². The van der Waals surface area contributed by atoms with E-state index < -0.39 is 0 Å². The van der Waals surface area contributed by atoms with Crippen molar-refractivity contribution in [3.05, 3.63) is 11.5 Å². The van der Waals surface area contributed by atoms with Crippen LogP contribution in [0.3, 0.4) is 0 Å². The number of rotatable bonds is 4. The zero-order chi connectivity index (χ0) is 13.1.